The Kier molecular flexibility index (Phi) is 5.06. The third kappa shape index (κ3) is 3.08. The molecule has 9 nitrogen and oxygen atoms in total. The van der Waals surface area contributed by atoms with Gasteiger partial charge in [0, 0.05) is 17.3 Å². The second-order valence-electron chi connectivity index (χ2n) is 9.39. The fraction of sp³-hybridized carbons (Fsp3) is 0.259. The third-order valence-electron chi connectivity index (χ3n) is 7.01. The molecular formula is C27H25N3O6. The summed E-state index contributed by atoms with van der Waals surface area (Å²) in [5.74, 6) is -1.90. The Labute approximate surface area is 206 Å². The molecule has 184 valence electrons. The lowest BCUT2D eigenvalue weighted by Gasteiger charge is -2.29. The number of rotatable bonds is 4. The highest BCUT2D eigenvalue weighted by Crippen LogP contribution is 2.57. The number of imidazole rings is 1. The zero-order valence-electron chi connectivity index (χ0n) is 20.4. The van der Waals surface area contributed by atoms with Crippen molar-refractivity contribution in [2.45, 2.75) is 46.1 Å². The van der Waals surface area contributed by atoms with E-state index in [1.807, 2.05) is 31.2 Å². The molecule has 1 aromatic heterocycles. The number of nitrogens with zero attached hydrogens (tertiary/aromatic N) is 1. The number of nitrogens with one attached hydrogen (secondary N) is 2. The van der Waals surface area contributed by atoms with Crippen LogP contribution in [0.5, 0.6) is 17.2 Å². The number of aromatic amines is 1. The van der Waals surface area contributed by atoms with Crippen LogP contribution in [0.2, 0.25) is 0 Å². The van der Waals surface area contributed by atoms with Gasteiger partial charge in [-0.15, -0.1) is 0 Å². The Bertz CT molecular complexity index is 1540. The lowest BCUT2D eigenvalue weighted by molar-refractivity contribution is -0.123. The maximum absolute atomic E-state index is 13.9. The summed E-state index contributed by atoms with van der Waals surface area (Å²) in [5.41, 5.74) is 0.321. The van der Waals surface area contributed by atoms with Crippen LogP contribution in [0.3, 0.4) is 0 Å². The smallest absolute Gasteiger partial charge is 0.194 e. The predicted molar refractivity (Wildman–Crippen MR) is 131 cm³/mol. The minimum atomic E-state index is -1.56. The fourth-order valence-corrected chi connectivity index (χ4v) is 5.01. The summed E-state index contributed by atoms with van der Waals surface area (Å²) in [6, 6.07) is 7.22. The van der Waals surface area contributed by atoms with E-state index in [0.29, 0.717) is 11.5 Å². The van der Waals surface area contributed by atoms with Crippen molar-refractivity contribution < 1.29 is 29.3 Å². The van der Waals surface area contributed by atoms with Crippen LogP contribution >= 0.6 is 0 Å². The first-order valence-corrected chi connectivity index (χ1v) is 11.5. The van der Waals surface area contributed by atoms with E-state index in [0.717, 1.165) is 11.0 Å². The quantitative estimate of drug-likeness (QED) is 0.247. The maximum atomic E-state index is 13.9. The number of phenols is 2. The van der Waals surface area contributed by atoms with E-state index in [-0.39, 0.29) is 45.6 Å². The molecule has 9 heteroatoms. The number of carbonyl (C=O) groups is 3. The molecule has 2 aromatic carbocycles. The number of Topliss-reactive ketones (excluding diaryl/α,β-unsaturated/α-hetero) is 2. The first kappa shape index (κ1) is 23.3. The lowest BCUT2D eigenvalue weighted by atomic mass is 9.70. The Morgan fingerprint density at radius 3 is 2.53 bits per heavy atom. The monoisotopic (exact) mass is 487 g/mol. The molecule has 36 heavy (non-hydrogen) atoms. The van der Waals surface area contributed by atoms with E-state index < -0.39 is 28.5 Å². The molecule has 3 aromatic rings. The molecule has 0 spiro atoms. The lowest BCUT2D eigenvalue weighted by Crippen LogP contribution is -2.41. The largest absolute Gasteiger partial charge is 0.507 e. The van der Waals surface area contributed by atoms with Gasteiger partial charge in [0.05, 0.1) is 28.2 Å². The third-order valence-corrected chi connectivity index (χ3v) is 7.01. The average molecular weight is 488 g/mol. The van der Waals surface area contributed by atoms with Gasteiger partial charge in [0.1, 0.15) is 39.8 Å². The van der Waals surface area contributed by atoms with Gasteiger partial charge in [0.15, 0.2) is 17.3 Å². The highest BCUT2D eigenvalue weighted by Gasteiger charge is 2.56. The van der Waals surface area contributed by atoms with E-state index >= 15 is 0 Å². The van der Waals surface area contributed by atoms with Crippen molar-refractivity contribution in [3.8, 4) is 17.2 Å². The molecule has 0 saturated carbocycles. The Balaban J connectivity index is 1.60. The van der Waals surface area contributed by atoms with Crippen molar-refractivity contribution >= 4 is 28.4 Å². The molecule has 0 fully saturated rings. The van der Waals surface area contributed by atoms with Crippen molar-refractivity contribution in [1.29, 1.82) is 0 Å². The summed E-state index contributed by atoms with van der Waals surface area (Å²) in [5, 5.41) is 24.6. The first-order valence-electron chi connectivity index (χ1n) is 11.5. The molecule has 4 N–H and O–H groups in total. The van der Waals surface area contributed by atoms with Crippen LogP contribution in [0.25, 0.3) is 11.0 Å². The van der Waals surface area contributed by atoms with Crippen LogP contribution in [0.1, 0.15) is 61.0 Å². The molecule has 0 bridgehead atoms. The normalized spacial score (nSPS) is 21.0. The molecule has 0 amide bonds. The minimum Gasteiger partial charge on any atom is -0.507 e. The number of phenolic OH excluding ortho intramolecular Hbond substituents is 2. The summed E-state index contributed by atoms with van der Waals surface area (Å²) in [6.45, 7) is 7.72. The van der Waals surface area contributed by atoms with Crippen LogP contribution < -0.4 is 10.1 Å². The zero-order valence-corrected chi connectivity index (χ0v) is 20.4. The van der Waals surface area contributed by atoms with E-state index in [1.54, 1.807) is 6.92 Å². The van der Waals surface area contributed by atoms with Crippen molar-refractivity contribution in [3.63, 3.8) is 0 Å². The number of hydrogen-bond donors (Lipinski definition) is 4. The molecule has 5 rings (SSSR count). The molecule has 2 heterocycles. The molecule has 1 aliphatic carbocycles. The minimum absolute atomic E-state index is 0.00261. The van der Waals surface area contributed by atoms with Gasteiger partial charge >= 0.3 is 0 Å². The highest BCUT2D eigenvalue weighted by molar-refractivity contribution is 6.31. The van der Waals surface area contributed by atoms with Crippen LogP contribution in [-0.2, 0) is 15.0 Å². The van der Waals surface area contributed by atoms with Crippen LogP contribution in [0.4, 0.5) is 0 Å². The van der Waals surface area contributed by atoms with E-state index in [4.69, 9.17) is 4.74 Å². The van der Waals surface area contributed by atoms with Gasteiger partial charge in [-0.1, -0.05) is 12.1 Å². The number of benzene rings is 2. The van der Waals surface area contributed by atoms with Gasteiger partial charge in [0.25, 0.3) is 0 Å². The zero-order chi connectivity index (χ0) is 26.1. The number of aromatic hydroxyl groups is 2. The number of H-pyrrole nitrogens is 1. The number of allylic oxidation sites excluding steroid dienone is 4. The number of ketones is 3. The van der Waals surface area contributed by atoms with E-state index in [9.17, 15) is 24.6 Å². The van der Waals surface area contributed by atoms with Gasteiger partial charge in [0.2, 0.25) is 0 Å². The Morgan fingerprint density at radius 2 is 1.86 bits per heavy atom. The Hall–Kier alpha value is -4.40. The van der Waals surface area contributed by atoms with Gasteiger partial charge < -0.3 is 25.3 Å². The molecule has 2 unspecified atom stereocenters. The number of hydrogen-bond acceptors (Lipinski definition) is 8. The molecular weight excluding hydrogens is 462 g/mol. The molecule has 0 saturated heterocycles. The summed E-state index contributed by atoms with van der Waals surface area (Å²) in [4.78, 5) is 47.1. The van der Waals surface area contributed by atoms with E-state index in [2.05, 4.69) is 15.3 Å². The SMILES string of the molecule is CC(=O)c1c(O)c(C)c(O)c2c1OC1=CC(=O)C(=C(C)NC(C)c3nc4ccccc4[nH]3)C(=O)C12C. The maximum Gasteiger partial charge on any atom is 0.194 e. The van der Waals surface area contributed by atoms with Gasteiger partial charge in [-0.05, 0) is 46.8 Å². The standard InChI is InChI=1S/C27H25N3O6/c1-11-22(33)20(14(4)31)24-21(23(11)34)27(5)18(36-24)10-17(32)19(25(27)35)12(2)28-13(3)26-29-15-8-6-7-9-16(15)30-26/h6-10,13,28,33-34H,1-5H3,(H,29,30). The second-order valence-corrected chi connectivity index (χ2v) is 9.39. The average Bonchev–Trinajstić information content (AvgIpc) is 3.37. The van der Waals surface area contributed by atoms with Gasteiger partial charge in [-0.25, -0.2) is 4.98 Å². The molecule has 1 aliphatic heterocycles. The summed E-state index contributed by atoms with van der Waals surface area (Å²) < 4.78 is 5.80. The number of aromatic nitrogens is 2. The van der Waals surface area contributed by atoms with E-state index in [1.165, 1.54) is 26.8 Å². The van der Waals surface area contributed by atoms with Crippen molar-refractivity contribution in [3.05, 3.63) is 69.9 Å². The second kappa shape index (κ2) is 7.81. The Morgan fingerprint density at radius 1 is 1.17 bits per heavy atom. The summed E-state index contributed by atoms with van der Waals surface area (Å²) >= 11 is 0. The van der Waals surface area contributed by atoms with Crippen LogP contribution in [0, 0.1) is 6.92 Å². The number of ether oxygens (including phenoxy) is 1. The topological polar surface area (TPSA) is 142 Å². The van der Waals surface area contributed by atoms with Crippen molar-refractivity contribution in [2.24, 2.45) is 0 Å². The van der Waals surface area contributed by atoms with Crippen LogP contribution in [0.15, 0.2) is 47.4 Å². The summed E-state index contributed by atoms with van der Waals surface area (Å²) in [6.07, 6.45) is 1.20. The van der Waals surface area contributed by atoms with Crippen molar-refractivity contribution in [1.82, 2.24) is 15.3 Å². The molecule has 2 aliphatic rings. The van der Waals surface area contributed by atoms with Crippen LogP contribution in [-0.4, -0.2) is 37.5 Å². The first-order chi connectivity index (χ1) is 17.0. The van der Waals surface area contributed by atoms with Gasteiger partial charge in [-0.2, -0.15) is 0 Å². The number of para-hydroxylation sites is 2. The van der Waals surface area contributed by atoms with Crippen molar-refractivity contribution in [2.75, 3.05) is 0 Å². The summed E-state index contributed by atoms with van der Waals surface area (Å²) in [7, 11) is 0. The molecule has 2 atom stereocenters. The van der Waals surface area contributed by atoms with Gasteiger partial charge in [-0.3, -0.25) is 14.4 Å². The number of carbonyl (C=O) groups excluding carboxylic acids is 3. The molecule has 0 radical (unpaired) electrons. The fourth-order valence-electron chi connectivity index (χ4n) is 5.01. The number of fused-ring (bicyclic) bond motifs is 4. The highest BCUT2D eigenvalue weighted by atomic mass is 16.5. The predicted octanol–water partition coefficient (Wildman–Crippen LogP) is 3.80.